The molecule has 5 heteroatoms. The number of carbonyl (C=O) groups is 1. The molecule has 2 N–H and O–H groups in total. The summed E-state index contributed by atoms with van der Waals surface area (Å²) < 4.78 is 5.31. The molecule has 94 valence electrons. The molecule has 0 aliphatic carbocycles. The summed E-state index contributed by atoms with van der Waals surface area (Å²) in [4.78, 5) is 11.9. The standard InChI is InChI=1S/C11H22N2O2S/c1-8(7-16-3)4-13-11(14)9-5-15-6-10(9)12-2/h8-10,12H,4-7H2,1-3H3,(H,13,14). The fourth-order valence-electron chi connectivity index (χ4n) is 1.85. The molecule has 1 fully saturated rings. The minimum absolute atomic E-state index is 0.0357. The Balaban J connectivity index is 2.29. The van der Waals surface area contributed by atoms with Gasteiger partial charge in [0.25, 0.3) is 0 Å². The van der Waals surface area contributed by atoms with Crippen molar-refractivity contribution in [3.63, 3.8) is 0 Å². The predicted molar refractivity (Wildman–Crippen MR) is 67.7 cm³/mol. The van der Waals surface area contributed by atoms with Gasteiger partial charge in [-0.15, -0.1) is 0 Å². The van der Waals surface area contributed by atoms with Gasteiger partial charge in [0.2, 0.25) is 5.91 Å². The first-order valence-corrected chi connectivity index (χ1v) is 7.10. The molecule has 3 atom stereocenters. The van der Waals surface area contributed by atoms with E-state index in [0.29, 0.717) is 19.1 Å². The lowest BCUT2D eigenvalue weighted by molar-refractivity contribution is -0.125. The molecule has 3 unspecified atom stereocenters. The van der Waals surface area contributed by atoms with Gasteiger partial charge in [0.15, 0.2) is 0 Å². The van der Waals surface area contributed by atoms with E-state index in [1.54, 1.807) is 0 Å². The van der Waals surface area contributed by atoms with Crippen molar-refractivity contribution in [2.75, 3.05) is 38.8 Å². The number of amides is 1. The van der Waals surface area contributed by atoms with E-state index in [1.807, 2.05) is 18.8 Å². The maximum Gasteiger partial charge on any atom is 0.227 e. The Morgan fingerprint density at radius 3 is 2.94 bits per heavy atom. The van der Waals surface area contributed by atoms with Crippen LogP contribution in [0.5, 0.6) is 0 Å². The van der Waals surface area contributed by atoms with Crippen molar-refractivity contribution >= 4 is 17.7 Å². The van der Waals surface area contributed by atoms with Crippen LogP contribution in [0.3, 0.4) is 0 Å². The van der Waals surface area contributed by atoms with Gasteiger partial charge in [-0.1, -0.05) is 6.92 Å². The Hall–Kier alpha value is -0.260. The number of ether oxygens (including phenoxy) is 1. The molecule has 1 aliphatic heterocycles. The summed E-state index contributed by atoms with van der Waals surface area (Å²) in [5.74, 6) is 1.68. The van der Waals surface area contributed by atoms with Crippen molar-refractivity contribution in [1.82, 2.24) is 10.6 Å². The van der Waals surface area contributed by atoms with Crippen LogP contribution in [0.2, 0.25) is 0 Å². The maximum absolute atomic E-state index is 11.9. The summed E-state index contributed by atoms with van der Waals surface area (Å²) in [7, 11) is 1.87. The van der Waals surface area contributed by atoms with Crippen LogP contribution in [0.1, 0.15) is 6.92 Å². The molecule has 0 radical (unpaired) electrons. The summed E-state index contributed by atoms with van der Waals surface area (Å²) in [5, 5.41) is 6.12. The number of thioether (sulfide) groups is 1. The number of nitrogens with one attached hydrogen (secondary N) is 2. The largest absolute Gasteiger partial charge is 0.379 e. The van der Waals surface area contributed by atoms with E-state index in [0.717, 1.165) is 12.3 Å². The Bertz CT molecular complexity index is 226. The molecule has 0 aromatic heterocycles. The summed E-state index contributed by atoms with van der Waals surface area (Å²) in [6.07, 6.45) is 2.08. The molecule has 1 rings (SSSR count). The second kappa shape index (κ2) is 7.14. The smallest absolute Gasteiger partial charge is 0.227 e. The Kier molecular flexibility index (Phi) is 6.16. The lowest BCUT2D eigenvalue weighted by Crippen LogP contribution is -2.43. The molecule has 0 bridgehead atoms. The lowest BCUT2D eigenvalue weighted by atomic mass is 10.0. The van der Waals surface area contributed by atoms with Crippen LogP contribution in [0.4, 0.5) is 0 Å². The van der Waals surface area contributed by atoms with Gasteiger partial charge in [0.1, 0.15) is 0 Å². The van der Waals surface area contributed by atoms with Crippen LogP contribution in [0.15, 0.2) is 0 Å². The maximum atomic E-state index is 11.9. The normalized spacial score (nSPS) is 26.7. The average molecular weight is 246 g/mol. The predicted octanol–water partition coefficient (Wildman–Crippen LogP) is 0.336. The summed E-state index contributed by atoms with van der Waals surface area (Å²) in [5.41, 5.74) is 0. The van der Waals surface area contributed by atoms with Crippen LogP contribution >= 0.6 is 11.8 Å². The Morgan fingerprint density at radius 1 is 1.56 bits per heavy atom. The SMILES string of the molecule is CNC1COCC1C(=O)NCC(C)CSC. The van der Waals surface area contributed by atoms with Crippen LogP contribution < -0.4 is 10.6 Å². The monoisotopic (exact) mass is 246 g/mol. The highest BCUT2D eigenvalue weighted by atomic mass is 32.2. The molecule has 0 aromatic carbocycles. The van der Waals surface area contributed by atoms with Crippen LogP contribution in [0.25, 0.3) is 0 Å². The first kappa shape index (κ1) is 13.8. The topological polar surface area (TPSA) is 50.4 Å². The molecule has 1 saturated heterocycles. The summed E-state index contributed by atoms with van der Waals surface area (Å²) in [6.45, 7) is 4.08. The quantitative estimate of drug-likeness (QED) is 0.709. The number of hydrogen-bond acceptors (Lipinski definition) is 4. The highest BCUT2D eigenvalue weighted by molar-refractivity contribution is 7.98. The Morgan fingerprint density at radius 2 is 2.31 bits per heavy atom. The van der Waals surface area contributed by atoms with Crippen molar-refractivity contribution in [1.29, 1.82) is 0 Å². The molecule has 4 nitrogen and oxygen atoms in total. The van der Waals surface area contributed by atoms with Crippen molar-refractivity contribution in [3.8, 4) is 0 Å². The fraction of sp³-hybridized carbons (Fsp3) is 0.909. The number of hydrogen-bond donors (Lipinski definition) is 2. The van der Waals surface area contributed by atoms with Gasteiger partial charge >= 0.3 is 0 Å². The van der Waals surface area contributed by atoms with Crippen molar-refractivity contribution in [2.45, 2.75) is 13.0 Å². The third kappa shape index (κ3) is 3.96. The van der Waals surface area contributed by atoms with E-state index in [1.165, 1.54) is 0 Å². The molecule has 0 aromatic rings. The molecule has 0 spiro atoms. The van der Waals surface area contributed by atoms with E-state index in [-0.39, 0.29) is 17.9 Å². The first-order chi connectivity index (χ1) is 7.69. The molecular formula is C11H22N2O2S. The Labute approximate surface area is 102 Å². The van der Waals surface area contributed by atoms with E-state index in [9.17, 15) is 4.79 Å². The highest BCUT2D eigenvalue weighted by Crippen LogP contribution is 2.13. The molecule has 16 heavy (non-hydrogen) atoms. The van der Waals surface area contributed by atoms with Crippen LogP contribution in [-0.2, 0) is 9.53 Å². The third-order valence-corrected chi connectivity index (χ3v) is 3.77. The zero-order valence-electron chi connectivity index (χ0n) is 10.3. The van der Waals surface area contributed by atoms with E-state index in [2.05, 4.69) is 23.8 Å². The van der Waals surface area contributed by atoms with Crippen LogP contribution in [-0.4, -0.2) is 50.8 Å². The van der Waals surface area contributed by atoms with Gasteiger partial charge in [-0.25, -0.2) is 0 Å². The van der Waals surface area contributed by atoms with Gasteiger partial charge < -0.3 is 15.4 Å². The molecule has 0 saturated carbocycles. The van der Waals surface area contributed by atoms with Gasteiger partial charge in [0.05, 0.1) is 19.1 Å². The summed E-state index contributed by atoms with van der Waals surface area (Å²) in [6, 6.07) is 0.163. The van der Waals surface area contributed by atoms with Gasteiger partial charge in [0, 0.05) is 12.6 Å². The fourth-order valence-corrected chi connectivity index (χ4v) is 2.53. The number of rotatable bonds is 6. The second-order valence-electron chi connectivity index (χ2n) is 4.34. The first-order valence-electron chi connectivity index (χ1n) is 5.70. The third-order valence-electron chi connectivity index (χ3n) is 2.86. The minimum Gasteiger partial charge on any atom is -0.379 e. The summed E-state index contributed by atoms with van der Waals surface area (Å²) >= 11 is 1.81. The van der Waals surface area contributed by atoms with Gasteiger partial charge in [-0.2, -0.15) is 11.8 Å². The highest BCUT2D eigenvalue weighted by Gasteiger charge is 2.32. The van der Waals surface area contributed by atoms with Gasteiger partial charge in [-0.05, 0) is 25.0 Å². The molecule has 1 amide bonds. The zero-order valence-corrected chi connectivity index (χ0v) is 11.1. The minimum atomic E-state index is -0.0357. The molecule has 1 aliphatic rings. The molecule has 1 heterocycles. The molecular weight excluding hydrogens is 224 g/mol. The second-order valence-corrected chi connectivity index (χ2v) is 5.26. The lowest BCUT2D eigenvalue weighted by Gasteiger charge is -2.18. The average Bonchev–Trinajstić information content (AvgIpc) is 2.74. The van der Waals surface area contributed by atoms with Crippen LogP contribution in [0, 0.1) is 11.8 Å². The van der Waals surface area contributed by atoms with Crippen molar-refractivity contribution in [2.24, 2.45) is 11.8 Å². The van der Waals surface area contributed by atoms with E-state index >= 15 is 0 Å². The van der Waals surface area contributed by atoms with E-state index < -0.39 is 0 Å². The van der Waals surface area contributed by atoms with Crippen molar-refractivity contribution in [3.05, 3.63) is 0 Å². The zero-order chi connectivity index (χ0) is 12.0. The number of carbonyl (C=O) groups excluding carboxylic acids is 1. The van der Waals surface area contributed by atoms with Crippen molar-refractivity contribution < 1.29 is 9.53 Å². The number of likely N-dealkylation sites (N-methyl/N-ethyl adjacent to an activating group) is 1. The van der Waals surface area contributed by atoms with Gasteiger partial charge in [-0.3, -0.25) is 4.79 Å². The van der Waals surface area contributed by atoms with E-state index in [4.69, 9.17) is 4.74 Å².